The van der Waals surface area contributed by atoms with Crippen molar-refractivity contribution in [1.29, 1.82) is 0 Å². The van der Waals surface area contributed by atoms with E-state index in [1.807, 2.05) is 6.92 Å². The van der Waals surface area contributed by atoms with Crippen molar-refractivity contribution in [1.82, 2.24) is 10.6 Å². The Morgan fingerprint density at radius 3 is 2.71 bits per heavy atom. The molecule has 1 rings (SSSR count). The topological polar surface area (TPSA) is 58.2 Å². The van der Waals surface area contributed by atoms with Gasteiger partial charge < -0.3 is 5.32 Å². The quantitative estimate of drug-likeness (QED) is 0.708. The lowest BCUT2D eigenvalue weighted by Gasteiger charge is -2.22. The summed E-state index contributed by atoms with van der Waals surface area (Å²) in [5.74, 6) is 2.23. The van der Waals surface area contributed by atoms with Crippen LogP contribution in [0.5, 0.6) is 0 Å². The van der Waals surface area contributed by atoms with E-state index in [0.29, 0.717) is 0 Å². The Balaban J connectivity index is 2.40. The summed E-state index contributed by atoms with van der Waals surface area (Å²) in [6.07, 6.45) is 0.933. The van der Waals surface area contributed by atoms with Crippen LogP contribution in [0.2, 0.25) is 0 Å². The van der Waals surface area contributed by atoms with Gasteiger partial charge >= 0.3 is 0 Å². The Morgan fingerprint density at radius 2 is 2.24 bits per heavy atom. The van der Waals surface area contributed by atoms with Crippen molar-refractivity contribution in [2.45, 2.75) is 39.3 Å². The van der Waals surface area contributed by atoms with Crippen molar-refractivity contribution in [3.63, 3.8) is 0 Å². The molecule has 4 nitrogen and oxygen atoms in total. The zero-order chi connectivity index (χ0) is 12.8. The number of Topliss-reactive ketones (excluding diaryl/α,β-unsaturated/α-hetero) is 2. The molecule has 0 amide bonds. The number of ketones is 2. The first-order valence-electron chi connectivity index (χ1n) is 6.14. The van der Waals surface area contributed by atoms with Crippen molar-refractivity contribution in [2.75, 3.05) is 18.2 Å². The van der Waals surface area contributed by atoms with Crippen molar-refractivity contribution < 1.29 is 9.59 Å². The Morgan fingerprint density at radius 1 is 1.53 bits per heavy atom. The van der Waals surface area contributed by atoms with Gasteiger partial charge in [-0.05, 0) is 12.8 Å². The van der Waals surface area contributed by atoms with E-state index in [0.717, 1.165) is 18.1 Å². The summed E-state index contributed by atoms with van der Waals surface area (Å²) in [4.78, 5) is 23.3. The summed E-state index contributed by atoms with van der Waals surface area (Å²) < 4.78 is 0. The van der Waals surface area contributed by atoms with Crippen LogP contribution >= 0.6 is 11.8 Å². The molecular formula is C12H22N2O2S. The maximum atomic E-state index is 11.8. The van der Waals surface area contributed by atoms with Gasteiger partial charge in [-0.25, -0.2) is 0 Å². The van der Waals surface area contributed by atoms with Gasteiger partial charge in [0.2, 0.25) is 0 Å². The second kappa shape index (κ2) is 7.13. The van der Waals surface area contributed by atoms with Gasteiger partial charge in [0.15, 0.2) is 5.78 Å². The molecule has 1 aliphatic rings. The van der Waals surface area contributed by atoms with Crippen molar-refractivity contribution in [2.24, 2.45) is 5.92 Å². The van der Waals surface area contributed by atoms with Crippen LogP contribution < -0.4 is 10.6 Å². The molecule has 1 fully saturated rings. The first-order chi connectivity index (χ1) is 8.06. The molecule has 5 heteroatoms. The van der Waals surface area contributed by atoms with Crippen LogP contribution in [-0.4, -0.2) is 41.8 Å². The van der Waals surface area contributed by atoms with E-state index >= 15 is 0 Å². The van der Waals surface area contributed by atoms with Crippen LogP contribution in [0, 0.1) is 5.92 Å². The van der Waals surface area contributed by atoms with Crippen LogP contribution in [0.1, 0.15) is 27.2 Å². The second-order valence-electron chi connectivity index (χ2n) is 4.59. The largest absolute Gasteiger partial charge is 0.300 e. The maximum Gasteiger partial charge on any atom is 0.164 e. The number of hydrogen-bond acceptors (Lipinski definition) is 5. The third-order valence-electron chi connectivity index (χ3n) is 3.25. The van der Waals surface area contributed by atoms with Crippen LogP contribution in [0.15, 0.2) is 0 Å². The molecule has 1 aliphatic heterocycles. The van der Waals surface area contributed by atoms with Crippen LogP contribution in [0.4, 0.5) is 0 Å². The highest BCUT2D eigenvalue weighted by Crippen LogP contribution is 2.11. The molecule has 0 aliphatic carbocycles. The lowest BCUT2D eigenvalue weighted by Crippen LogP contribution is -2.47. The van der Waals surface area contributed by atoms with Gasteiger partial charge in [-0.3, -0.25) is 14.9 Å². The van der Waals surface area contributed by atoms with Crippen molar-refractivity contribution in [3.05, 3.63) is 0 Å². The second-order valence-corrected chi connectivity index (χ2v) is 5.62. The molecule has 3 atom stereocenters. The first kappa shape index (κ1) is 14.7. The lowest BCUT2D eigenvalue weighted by atomic mass is 9.96. The van der Waals surface area contributed by atoms with Crippen LogP contribution in [0.3, 0.4) is 0 Å². The van der Waals surface area contributed by atoms with Gasteiger partial charge in [0.05, 0.1) is 18.6 Å². The monoisotopic (exact) mass is 258 g/mol. The van der Waals surface area contributed by atoms with Crippen LogP contribution in [0.25, 0.3) is 0 Å². The Labute approximate surface area is 107 Å². The Bertz CT molecular complexity index is 278. The van der Waals surface area contributed by atoms with E-state index in [2.05, 4.69) is 17.6 Å². The molecule has 17 heavy (non-hydrogen) atoms. The molecule has 0 saturated carbocycles. The SMILES string of the molecule is CC[C@H](C)[C@H](NCC(=O)[C@@H]1CSCN1)C(C)=O. The average Bonchev–Trinajstić information content (AvgIpc) is 2.81. The van der Waals surface area contributed by atoms with Gasteiger partial charge in [-0.1, -0.05) is 20.3 Å². The third kappa shape index (κ3) is 4.41. The van der Waals surface area contributed by atoms with Crippen LogP contribution in [-0.2, 0) is 9.59 Å². The summed E-state index contributed by atoms with van der Waals surface area (Å²) in [5, 5.41) is 6.24. The van der Waals surface area contributed by atoms with E-state index in [1.165, 1.54) is 0 Å². The lowest BCUT2D eigenvalue weighted by molar-refractivity contribution is -0.121. The fourth-order valence-electron chi connectivity index (χ4n) is 1.92. The molecule has 0 radical (unpaired) electrons. The molecule has 0 aromatic carbocycles. The molecule has 0 spiro atoms. The van der Waals surface area contributed by atoms with E-state index < -0.39 is 0 Å². The van der Waals surface area contributed by atoms with Gasteiger partial charge in [0, 0.05) is 11.6 Å². The summed E-state index contributed by atoms with van der Waals surface area (Å²) in [6.45, 7) is 5.96. The minimum Gasteiger partial charge on any atom is -0.300 e. The molecule has 0 bridgehead atoms. The van der Waals surface area contributed by atoms with E-state index in [-0.39, 0.29) is 36.1 Å². The molecule has 0 aromatic heterocycles. The fraction of sp³-hybridized carbons (Fsp3) is 0.833. The van der Waals surface area contributed by atoms with E-state index in [9.17, 15) is 9.59 Å². The number of carbonyl (C=O) groups is 2. The number of thioether (sulfide) groups is 1. The Hall–Kier alpha value is -0.390. The summed E-state index contributed by atoms with van der Waals surface area (Å²) >= 11 is 1.74. The average molecular weight is 258 g/mol. The molecule has 1 heterocycles. The summed E-state index contributed by atoms with van der Waals surface area (Å²) in [5.41, 5.74) is 0. The van der Waals surface area contributed by atoms with Gasteiger partial charge in [0.25, 0.3) is 0 Å². The summed E-state index contributed by atoms with van der Waals surface area (Å²) in [6, 6.07) is -0.241. The van der Waals surface area contributed by atoms with E-state index in [4.69, 9.17) is 0 Å². The zero-order valence-corrected chi connectivity index (χ0v) is 11.6. The van der Waals surface area contributed by atoms with Gasteiger partial charge in [-0.2, -0.15) is 0 Å². The number of nitrogens with one attached hydrogen (secondary N) is 2. The smallest absolute Gasteiger partial charge is 0.164 e. The van der Waals surface area contributed by atoms with Gasteiger partial charge in [0.1, 0.15) is 5.78 Å². The highest BCUT2D eigenvalue weighted by molar-refractivity contribution is 7.99. The third-order valence-corrected chi connectivity index (χ3v) is 4.19. The highest BCUT2D eigenvalue weighted by Gasteiger charge is 2.25. The first-order valence-corrected chi connectivity index (χ1v) is 7.29. The maximum absolute atomic E-state index is 11.8. The number of hydrogen-bond donors (Lipinski definition) is 2. The molecular weight excluding hydrogens is 236 g/mol. The Kier molecular flexibility index (Phi) is 6.16. The standard InChI is InChI=1S/C12H22N2O2S/c1-4-8(2)12(9(3)15)13-5-11(16)10-6-17-7-14-10/h8,10,12-14H,4-7H2,1-3H3/t8-,10-,12-/m0/s1. The highest BCUT2D eigenvalue weighted by atomic mass is 32.2. The van der Waals surface area contributed by atoms with Crippen molar-refractivity contribution >= 4 is 23.3 Å². The molecule has 98 valence electrons. The van der Waals surface area contributed by atoms with Gasteiger partial charge in [-0.15, -0.1) is 11.8 Å². The fourth-order valence-corrected chi connectivity index (χ4v) is 2.89. The minimum absolute atomic E-state index is 0.0444. The summed E-state index contributed by atoms with van der Waals surface area (Å²) in [7, 11) is 0. The van der Waals surface area contributed by atoms with E-state index in [1.54, 1.807) is 18.7 Å². The number of rotatable bonds is 7. The normalized spacial score (nSPS) is 23.4. The zero-order valence-electron chi connectivity index (χ0n) is 10.8. The number of carbonyl (C=O) groups excluding carboxylic acids is 2. The molecule has 0 aromatic rings. The molecule has 2 N–H and O–H groups in total. The molecule has 0 unspecified atom stereocenters. The van der Waals surface area contributed by atoms with Crippen molar-refractivity contribution in [3.8, 4) is 0 Å². The predicted molar refractivity (Wildman–Crippen MR) is 71.2 cm³/mol. The molecule has 1 saturated heterocycles. The minimum atomic E-state index is -0.196. The predicted octanol–water partition coefficient (Wildman–Crippen LogP) is 0.811.